The van der Waals surface area contributed by atoms with Gasteiger partial charge in [-0.25, -0.2) is 0 Å². The van der Waals surface area contributed by atoms with Crippen LogP contribution in [-0.4, -0.2) is 28.7 Å². The Kier molecular flexibility index (Phi) is 4.93. The average molecular weight is 351 g/mol. The first kappa shape index (κ1) is 14.2. The summed E-state index contributed by atoms with van der Waals surface area (Å²) in [6, 6.07) is 5.28. The summed E-state index contributed by atoms with van der Waals surface area (Å²) in [6.07, 6.45) is 3.27. The van der Waals surface area contributed by atoms with Crippen molar-refractivity contribution in [1.82, 2.24) is 4.90 Å². The minimum atomic E-state index is 0.000756. The van der Waals surface area contributed by atoms with Crippen LogP contribution < -0.4 is 0 Å². The number of halogens is 3. The Morgan fingerprint density at radius 3 is 2.83 bits per heavy atom. The highest BCUT2D eigenvalue weighted by molar-refractivity contribution is 9.09. The van der Waals surface area contributed by atoms with E-state index in [-0.39, 0.29) is 11.9 Å². The first-order valence-corrected chi connectivity index (χ1v) is 7.83. The molecule has 5 heteroatoms. The molecule has 0 bridgehead atoms. The van der Waals surface area contributed by atoms with Gasteiger partial charge in [-0.1, -0.05) is 39.1 Å². The number of hydrogen-bond donors (Lipinski definition) is 0. The van der Waals surface area contributed by atoms with E-state index in [0.29, 0.717) is 15.6 Å². The summed E-state index contributed by atoms with van der Waals surface area (Å²) in [4.78, 5) is 14.4. The van der Waals surface area contributed by atoms with Crippen LogP contribution >= 0.6 is 39.1 Å². The summed E-state index contributed by atoms with van der Waals surface area (Å²) < 4.78 is 0. The Balaban J connectivity index is 2.24. The highest BCUT2D eigenvalue weighted by atomic mass is 79.9. The van der Waals surface area contributed by atoms with Crippen molar-refractivity contribution >= 4 is 45.0 Å². The molecule has 1 heterocycles. The summed E-state index contributed by atoms with van der Waals surface area (Å²) in [5.74, 6) is 0.000756. The van der Waals surface area contributed by atoms with Gasteiger partial charge >= 0.3 is 0 Å². The summed E-state index contributed by atoms with van der Waals surface area (Å²) in [5.41, 5.74) is 0.536. The van der Waals surface area contributed by atoms with Crippen molar-refractivity contribution in [3.05, 3.63) is 33.8 Å². The van der Waals surface area contributed by atoms with Gasteiger partial charge in [0.1, 0.15) is 0 Å². The average Bonchev–Trinajstić information content (AvgIpc) is 2.38. The predicted octanol–water partition coefficient (Wildman–Crippen LogP) is 4.38. The summed E-state index contributed by atoms with van der Waals surface area (Å²) in [5, 5.41) is 1.78. The van der Waals surface area contributed by atoms with Crippen LogP contribution in [0.3, 0.4) is 0 Å². The fourth-order valence-corrected chi connectivity index (χ4v) is 3.41. The lowest BCUT2D eigenvalue weighted by atomic mass is 10.0. The first-order valence-electron chi connectivity index (χ1n) is 5.95. The molecule has 1 atom stereocenters. The van der Waals surface area contributed by atoms with Crippen LogP contribution in [0.25, 0.3) is 0 Å². The first-order chi connectivity index (χ1) is 8.63. The smallest absolute Gasteiger partial charge is 0.255 e. The molecule has 1 aromatic carbocycles. The maximum atomic E-state index is 12.5. The molecular formula is C13H14BrCl2NO. The number of benzene rings is 1. The zero-order valence-electron chi connectivity index (χ0n) is 9.83. The third-order valence-electron chi connectivity index (χ3n) is 3.23. The van der Waals surface area contributed by atoms with Crippen LogP contribution in [0.2, 0.25) is 10.0 Å². The zero-order valence-corrected chi connectivity index (χ0v) is 12.9. The van der Waals surface area contributed by atoms with Crippen LogP contribution in [0.4, 0.5) is 0 Å². The third-order valence-corrected chi connectivity index (χ3v) is 4.52. The SMILES string of the molecule is O=C(c1ccc(Cl)cc1Cl)N1CCCCC1CBr. The van der Waals surface area contributed by atoms with E-state index in [0.717, 1.165) is 24.7 Å². The molecule has 1 saturated heterocycles. The largest absolute Gasteiger partial charge is 0.335 e. The molecule has 1 amide bonds. The maximum absolute atomic E-state index is 12.5. The van der Waals surface area contributed by atoms with Crippen molar-refractivity contribution in [2.75, 3.05) is 11.9 Å². The van der Waals surface area contributed by atoms with Gasteiger partial charge in [-0.2, -0.15) is 0 Å². The predicted molar refractivity (Wildman–Crippen MR) is 78.9 cm³/mol. The van der Waals surface area contributed by atoms with E-state index in [1.54, 1.807) is 18.2 Å². The van der Waals surface area contributed by atoms with Crippen molar-refractivity contribution in [3.8, 4) is 0 Å². The molecule has 0 radical (unpaired) electrons. The van der Waals surface area contributed by atoms with E-state index in [9.17, 15) is 4.79 Å². The van der Waals surface area contributed by atoms with Gasteiger partial charge in [0.15, 0.2) is 0 Å². The van der Waals surface area contributed by atoms with Crippen LogP contribution in [-0.2, 0) is 0 Å². The highest BCUT2D eigenvalue weighted by Crippen LogP contribution is 2.26. The second-order valence-corrected chi connectivity index (χ2v) is 5.92. The van der Waals surface area contributed by atoms with Crippen molar-refractivity contribution in [2.45, 2.75) is 25.3 Å². The van der Waals surface area contributed by atoms with Crippen molar-refractivity contribution in [1.29, 1.82) is 0 Å². The molecule has 1 aliphatic heterocycles. The number of carbonyl (C=O) groups excluding carboxylic acids is 1. The van der Waals surface area contributed by atoms with E-state index in [2.05, 4.69) is 15.9 Å². The van der Waals surface area contributed by atoms with Gasteiger partial charge in [0, 0.05) is 22.9 Å². The normalized spacial score (nSPS) is 19.9. The Labute approximate surface area is 125 Å². The number of alkyl halides is 1. The van der Waals surface area contributed by atoms with Crippen LogP contribution in [0.1, 0.15) is 29.6 Å². The monoisotopic (exact) mass is 349 g/mol. The van der Waals surface area contributed by atoms with Crippen molar-refractivity contribution < 1.29 is 4.79 Å². The number of rotatable bonds is 2. The molecule has 0 aromatic heterocycles. The standard InChI is InChI=1S/C13H14BrCl2NO/c14-8-10-3-1-2-6-17(10)13(18)11-5-4-9(15)7-12(11)16/h4-5,7,10H,1-3,6,8H2. The molecule has 1 aliphatic rings. The summed E-state index contributed by atoms with van der Waals surface area (Å²) in [7, 11) is 0. The topological polar surface area (TPSA) is 20.3 Å². The lowest BCUT2D eigenvalue weighted by Crippen LogP contribution is -2.44. The van der Waals surface area contributed by atoms with Gasteiger partial charge in [-0.15, -0.1) is 0 Å². The Morgan fingerprint density at radius 2 is 2.17 bits per heavy atom. The number of likely N-dealkylation sites (tertiary alicyclic amines) is 1. The molecule has 2 rings (SSSR count). The maximum Gasteiger partial charge on any atom is 0.255 e. The van der Waals surface area contributed by atoms with E-state index >= 15 is 0 Å². The molecular weight excluding hydrogens is 337 g/mol. The molecule has 1 fully saturated rings. The van der Waals surface area contributed by atoms with Crippen molar-refractivity contribution in [3.63, 3.8) is 0 Å². The van der Waals surface area contributed by atoms with E-state index in [1.807, 2.05) is 4.90 Å². The number of nitrogens with zero attached hydrogens (tertiary/aromatic N) is 1. The number of amides is 1. The minimum absolute atomic E-state index is 0.000756. The van der Waals surface area contributed by atoms with E-state index in [1.165, 1.54) is 6.42 Å². The van der Waals surface area contributed by atoms with Gasteiger partial charge in [0.25, 0.3) is 5.91 Å². The number of piperidine rings is 1. The Morgan fingerprint density at radius 1 is 1.39 bits per heavy atom. The van der Waals surface area contributed by atoms with Crippen LogP contribution in [0.15, 0.2) is 18.2 Å². The van der Waals surface area contributed by atoms with Gasteiger partial charge in [-0.05, 0) is 37.5 Å². The number of hydrogen-bond acceptors (Lipinski definition) is 1. The molecule has 1 unspecified atom stereocenters. The zero-order chi connectivity index (χ0) is 13.1. The molecule has 0 spiro atoms. The Bertz CT molecular complexity index is 453. The molecule has 2 nitrogen and oxygen atoms in total. The van der Waals surface area contributed by atoms with Crippen molar-refractivity contribution in [2.24, 2.45) is 0 Å². The molecule has 0 N–H and O–H groups in total. The highest BCUT2D eigenvalue weighted by Gasteiger charge is 2.27. The molecule has 0 saturated carbocycles. The van der Waals surface area contributed by atoms with Gasteiger partial charge in [0.2, 0.25) is 0 Å². The second kappa shape index (κ2) is 6.27. The lowest BCUT2D eigenvalue weighted by molar-refractivity contribution is 0.0642. The number of carbonyl (C=O) groups is 1. The summed E-state index contributed by atoms with van der Waals surface area (Å²) >= 11 is 15.4. The quantitative estimate of drug-likeness (QED) is 0.724. The molecule has 1 aromatic rings. The Hall–Kier alpha value is -0.250. The van der Waals surface area contributed by atoms with E-state index in [4.69, 9.17) is 23.2 Å². The molecule has 0 aliphatic carbocycles. The fourth-order valence-electron chi connectivity index (χ4n) is 2.25. The van der Waals surface area contributed by atoms with Gasteiger partial charge < -0.3 is 4.90 Å². The molecule has 98 valence electrons. The fraction of sp³-hybridized carbons (Fsp3) is 0.462. The van der Waals surface area contributed by atoms with Crippen LogP contribution in [0, 0.1) is 0 Å². The van der Waals surface area contributed by atoms with Gasteiger partial charge in [-0.3, -0.25) is 4.79 Å². The lowest BCUT2D eigenvalue weighted by Gasteiger charge is -2.35. The second-order valence-electron chi connectivity index (χ2n) is 4.43. The van der Waals surface area contributed by atoms with Gasteiger partial charge in [0.05, 0.1) is 10.6 Å². The summed E-state index contributed by atoms with van der Waals surface area (Å²) in [6.45, 7) is 0.800. The van der Waals surface area contributed by atoms with E-state index < -0.39 is 0 Å². The minimum Gasteiger partial charge on any atom is -0.335 e. The van der Waals surface area contributed by atoms with Crippen LogP contribution in [0.5, 0.6) is 0 Å². The third kappa shape index (κ3) is 3.01. The molecule has 18 heavy (non-hydrogen) atoms.